The third kappa shape index (κ3) is 5.44. The summed E-state index contributed by atoms with van der Waals surface area (Å²) >= 11 is 6.98. The molecule has 1 aliphatic carbocycles. The van der Waals surface area contributed by atoms with Gasteiger partial charge in [0.25, 0.3) is 5.91 Å². The first-order valence-electron chi connectivity index (χ1n) is 7.67. The molecule has 0 saturated carbocycles. The third-order valence-corrected chi connectivity index (χ3v) is 4.67. The molecule has 0 saturated heterocycles. The number of amides is 1. The lowest BCUT2D eigenvalue weighted by atomic mass is 9.99. The fourth-order valence-corrected chi connectivity index (χ4v) is 2.78. The highest BCUT2D eigenvalue weighted by molar-refractivity contribution is 7.10. The number of hydrogen-bond donors (Lipinski definition) is 3. The molecule has 0 radical (unpaired) electrons. The summed E-state index contributed by atoms with van der Waals surface area (Å²) in [5.41, 5.74) is 7.51. The van der Waals surface area contributed by atoms with E-state index < -0.39 is 10.8 Å². The van der Waals surface area contributed by atoms with E-state index >= 15 is 0 Å². The number of halogens is 1. The first kappa shape index (κ1) is 19.7. The van der Waals surface area contributed by atoms with Crippen molar-refractivity contribution in [3.8, 4) is 0 Å². The van der Waals surface area contributed by atoms with Crippen LogP contribution in [0, 0.1) is 6.92 Å². The van der Waals surface area contributed by atoms with E-state index in [1.54, 1.807) is 18.2 Å². The number of aryl methyl sites for hydroxylation is 1. The molecule has 4 N–H and O–H groups in total. The second-order valence-electron chi connectivity index (χ2n) is 5.56. The predicted molar refractivity (Wildman–Crippen MR) is 103 cm³/mol. The van der Waals surface area contributed by atoms with Gasteiger partial charge in [-0.25, -0.2) is 4.79 Å². The minimum atomic E-state index is -1.29. The van der Waals surface area contributed by atoms with Gasteiger partial charge in [0.05, 0.1) is 5.69 Å². The smallest absolute Gasteiger partial charge is 0.329 e. The summed E-state index contributed by atoms with van der Waals surface area (Å²) in [6.07, 6.45) is 4.74. The summed E-state index contributed by atoms with van der Waals surface area (Å²) in [6, 6.07) is 11.0. The summed E-state index contributed by atoms with van der Waals surface area (Å²) in [6.45, 7) is 1.90. The number of rotatable bonds is 3. The van der Waals surface area contributed by atoms with Crippen LogP contribution in [-0.4, -0.2) is 26.2 Å². The number of aliphatic carboxylic acids is 1. The first-order chi connectivity index (χ1) is 12.3. The summed E-state index contributed by atoms with van der Waals surface area (Å²) in [4.78, 5) is 20.9. The summed E-state index contributed by atoms with van der Waals surface area (Å²) in [5, 5.41) is 12.2. The molecule has 6 nitrogen and oxygen atoms in total. The third-order valence-electron chi connectivity index (χ3n) is 3.43. The van der Waals surface area contributed by atoms with Gasteiger partial charge in [-0.15, -0.1) is 11.6 Å². The Labute approximate surface area is 160 Å². The quantitative estimate of drug-likeness (QED) is 0.694. The number of alkyl halides is 1. The van der Waals surface area contributed by atoms with Crippen molar-refractivity contribution in [1.82, 2.24) is 4.37 Å². The van der Waals surface area contributed by atoms with Crippen molar-refractivity contribution < 1.29 is 14.7 Å². The molecular weight excluding hydrogens is 374 g/mol. The number of hydrogen-bond acceptors (Lipinski definition) is 5. The first-order valence-corrected chi connectivity index (χ1v) is 8.82. The normalized spacial score (nSPS) is 18.3. The van der Waals surface area contributed by atoms with E-state index in [0.29, 0.717) is 11.3 Å². The van der Waals surface area contributed by atoms with E-state index in [1.165, 1.54) is 23.7 Å². The summed E-state index contributed by atoms with van der Waals surface area (Å²) in [7, 11) is 0. The number of nitrogens with one attached hydrogen (secondary N) is 1. The van der Waals surface area contributed by atoms with Crippen molar-refractivity contribution in [2.45, 2.75) is 18.2 Å². The number of carboxylic acid groups (broad SMARTS) is 1. The molecule has 2 aromatic rings. The molecular formula is C18H18ClN3O3S. The van der Waals surface area contributed by atoms with Crippen LogP contribution in [0.3, 0.4) is 0 Å². The van der Waals surface area contributed by atoms with Gasteiger partial charge in [0.2, 0.25) is 0 Å². The lowest BCUT2D eigenvalue weighted by molar-refractivity contribution is -0.138. The molecule has 1 atom stereocenters. The Morgan fingerprint density at radius 2 is 2.04 bits per heavy atom. The number of aromatic nitrogens is 1. The van der Waals surface area contributed by atoms with E-state index in [1.807, 2.05) is 31.2 Å². The molecule has 1 aromatic heterocycles. The molecule has 8 heteroatoms. The second kappa shape index (κ2) is 8.64. The molecule has 0 fully saturated rings. The molecule has 1 heterocycles. The van der Waals surface area contributed by atoms with Crippen LogP contribution in [0.5, 0.6) is 0 Å². The van der Waals surface area contributed by atoms with Crippen LogP contribution in [0.2, 0.25) is 0 Å². The number of nitrogens with two attached hydrogens (primary N) is 1. The zero-order valence-electron chi connectivity index (χ0n) is 14.0. The van der Waals surface area contributed by atoms with Crippen molar-refractivity contribution in [2.24, 2.45) is 5.73 Å². The highest BCUT2D eigenvalue weighted by atomic mass is 35.5. The van der Waals surface area contributed by atoms with E-state index in [2.05, 4.69) is 9.69 Å². The van der Waals surface area contributed by atoms with E-state index in [0.717, 1.165) is 10.7 Å². The van der Waals surface area contributed by atoms with Crippen LogP contribution in [0.15, 0.2) is 60.3 Å². The molecule has 3 rings (SSSR count). The van der Waals surface area contributed by atoms with Gasteiger partial charge in [0.1, 0.15) is 5.00 Å². The molecule has 1 aliphatic rings. The molecule has 0 spiro atoms. The SMILES string of the molecule is Cc1cc(NC(=O)c2ccccc2)sn1.NC1=CCC(Cl)(C(=O)O)C=C1. The molecule has 0 bridgehead atoms. The van der Waals surface area contributed by atoms with E-state index in [9.17, 15) is 9.59 Å². The van der Waals surface area contributed by atoms with Crippen molar-refractivity contribution in [3.05, 3.63) is 71.6 Å². The maximum absolute atomic E-state index is 11.7. The van der Waals surface area contributed by atoms with Crippen LogP contribution in [0.25, 0.3) is 0 Å². The van der Waals surface area contributed by atoms with Crippen LogP contribution in [0.1, 0.15) is 22.5 Å². The van der Waals surface area contributed by atoms with Crippen LogP contribution < -0.4 is 11.1 Å². The van der Waals surface area contributed by atoms with Gasteiger partial charge in [-0.1, -0.05) is 30.4 Å². The van der Waals surface area contributed by atoms with Gasteiger partial charge in [-0.05, 0) is 42.7 Å². The molecule has 1 amide bonds. The van der Waals surface area contributed by atoms with E-state index in [-0.39, 0.29) is 12.3 Å². The maximum atomic E-state index is 11.7. The van der Waals surface area contributed by atoms with Crippen LogP contribution in [-0.2, 0) is 4.79 Å². The second-order valence-corrected chi connectivity index (χ2v) is 7.04. The fourth-order valence-electron chi connectivity index (χ4n) is 1.99. The van der Waals surface area contributed by atoms with Crippen molar-refractivity contribution >= 4 is 40.0 Å². The number of allylic oxidation sites excluding steroid dienone is 2. The van der Waals surface area contributed by atoms with Gasteiger partial charge in [0, 0.05) is 17.7 Å². The number of carbonyl (C=O) groups excluding carboxylic acids is 1. The van der Waals surface area contributed by atoms with Gasteiger partial charge >= 0.3 is 5.97 Å². The number of anilines is 1. The summed E-state index contributed by atoms with van der Waals surface area (Å²) < 4.78 is 4.09. The Morgan fingerprint density at radius 3 is 2.54 bits per heavy atom. The lowest BCUT2D eigenvalue weighted by Crippen LogP contribution is -2.31. The van der Waals surface area contributed by atoms with Gasteiger partial charge in [-0.2, -0.15) is 4.37 Å². The number of nitrogens with zero attached hydrogens (tertiary/aromatic N) is 1. The minimum Gasteiger partial charge on any atom is -0.480 e. The fraction of sp³-hybridized carbons (Fsp3) is 0.167. The van der Waals surface area contributed by atoms with Crippen LogP contribution in [0.4, 0.5) is 5.00 Å². The molecule has 136 valence electrons. The summed E-state index contributed by atoms with van der Waals surface area (Å²) in [5.74, 6) is -1.14. The minimum absolute atomic E-state index is 0.0979. The molecule has 0 aliphatic heterocycles. The maximum Gasteiger partial charge on any atom is 0.329 e. The number of benzene rings is 1. The Kier molecular flexibility index (Phi) is 6.54. The van der Waals surface area contributed by atoms with Crippen molar-refractivity contribution in [2.75, 3.05) is 5.32 Å². The lowest BCUT2D eigenvalue weighted by Gasteiger charge is -2.18. The molecule has 1 unspecified atom stereocenters. The van der Waals surface area contributed by atoms with Crippen molar-refractivity contribution in [1.29, 1.82) is 0 Å². The van der Waals surface area contributed by atoms with Gasteiger partial charge in [0.15, 0.2) is 4.87 Å². The van der Waals surface area contributed by atoms with E-state index in [4.69, 9.17) is 22.4 Å². The molecule has 1 aromatic carbocycles. The monoisotopic (exact) mass is 391 g/mol. The van der Waals surface area contributed by atoms with Gasteiger partial charge in [-0.3, -0.25) is 4.79 Å². The van der Waals surface area contributed by atoms with Crippen molar-refractivity contribution in [3.63, 3.8) is 0 Å². The Hall–Kier alpha value is -2.64. The molecule has 26 heavy (non-hydrogen) atoms. The number of carbonyl (C=O) groups is 2. The average molecular weight is 392 g/mol. The Balaban J connectivity index is 0.000000197. The highest BCUT2D eigenvalue weighted by Crippen LogP contribution is 2.26. The van der Waals surface area contributed by atoms with Gasteiger partial charge < -0.3 is 16.2 Å². The zero-order chi connectivity index (χ0) is 19.2. The highest BCUT2D eigenvalue weighted by Gasteiger charge is 2.33. The zero-order valence-corrected chi connectivity index (χ0v) is 15.6. The van der Waals surface area contributed by atoms with Crippen LogP contribution >= 0.6 is 23.1 Å². The topological polar surface area (TPSA) is 105 Å². The Morgan fingerprint density at radius 1 is 1.35 bits per heavy atom. The standard InChI is InChI=1S/C11H10N2OS.C7H8ClNO2/c1-8-7-10(15-13-8)12-11(14)9-5-3-2-4-6-9;8-7(6(10)11)3-1-5(9)2-4-7/h2-7H,1H3,(H,12,14);1-3H,4,9H2,(H,10,11). The predicted octanol–water partition coefficient (Wildman–Crippen LogP) is 3.55. The average Bonchev–Trinajstić information content (AvgIpc) is 3.03. The number of carboxylic acids is 1. The Bertz CT molecular complexity index is 848. The largest absolute Gasteiger partial charge is 0.480 e.